The summed E-state index contributed by atoms with van der Waals surface area (Å²) in [6.07, 6.45) is 1.85. The molecular formula is C14H20N2O3. The molecule has 1 atom stereocenters. The summed E-state index contributed by atoms with van der Waals surface area (Å²) in [7, 11) is 0. The Morgan fingerprint density at radius 2 is 2.21 bits per heavy atom. The summed E-state index contributed by atoms with van der Waals surface area (Å²) < 4.78 is 0. The van der Waals surface area contributed by atoms with E-state index < -0.39 is 0 Å². The fraction of sp³-hybridized carbons (Fsp3) is 0.500. The first-order valence-corrected chi connectivity index (χ1v) is 6.67. The molecule has 0 radical (unpaired) electrons. The van der Waals surface area contributed by atoms with E-state index in [-0.39, 0.29) is 23.4 Å². The quantitative estimate of drug-likeness (QED) is 0.717. The number of carbonyl (C=O) groups is 1. The lowest BCUT2D eigenvalue weighted by molar-refractivity contribution is 0.0692. The zero-order chi connectivity index (χ0) is 13.8. The molecule has 0 aromatic heterocycles. The number of nitrogens with zero attached hydrogens (tertiary/aromatic N) is 1. The van der Waals surface area contributed by atoms with Gasteiger partial charge in [0.15, 0.2) is 11.5 Å². The highest BCUT2D eigenvalue weighted by Gasteiger charge is 2.26. The van der Waals surface area contributed by atoms with Gasteiger partial charge in [-0.05, 0) is 37.6 Å². The predicted molar refractivity (Wildman–Crippen MR) is 72.4 cm³/mol. The number of aromatic hydroxyl groups is 2. The second kappa shape index (κ2) is 5.93. The molecule has 1 aliphatic rings. The van der Waals surface area contributed by atoms with Crippen LogP contribution in [0.5, 0.6) is 11.5 Å². The third-order valence-electron chi connectivity index (χ3n) is 3.42. The van der Waals surface area contributed by atoms with Gasteiger partial charge >= 0.3 is 0 Å². The zero-order valence-corrected chi connectivity index (χ0v) is 11.1. The van der Waals surface area contributed by atoms with Crippen LogP contribution in [0.1, 0.15) is 30.1 Å². The fourth-order valence-corrected chi connectivity index (χ4v) is 2.42. The fourth-order valence-electron chi connectivity index (χ4n) is 2.42. The van der Waals surface area contributed by atoms with Crippen LogP contribution in [0.15, 0.2) is 18.2 Å². The number of carbonyl (C=O) groups excluding carboxylic acids is 1. The van der Waals surface area contributed by atoms with Gasteiger partial charge in [-0.3, -0.25) is 4.79 Å². The summed E-state index contributed by atoms with van der Waals surface area (Å²) in [5.41, 5.74) is 0.413. The highest BCUT2D eigenvalue weighted by atomic mass is 16.3. The number of hydrogen-bond donors (Lipinski definition) is 3. The molecule has 1 fully saturated rings. The van der Waals surface area contributed by atoms with Gasteiger partial charge in [0, 0.05) is 24.7 Å². The molecule has 5 nitrogen and oxygen atoms in total. The normalized spacial score (nSPS) is 18.5. The molecule has 1 saturated heterocycles. The number of phenols is 2. The first-order chi connectivity index (χ1) is 9.13. The standard InChI is InChI=1S/C14H20N2O3/c1-2-7-16(11-5-6-15-9-11)14(19)10-3-4-12(17)13(18)8-10/h3-4,8,11,15,17-18H,2,5-7,9H2,1H3. The first kappa shape index (κ1) is 13.7. The van der Waals surface area contributed by atoms with Crippen LogP contribution in [0.25, 0.3) is 0 Å². The van der Waals surface area contributed by atoms with E-state index in [1.807, 2.05) is 11.8 Å². The summed E-state index contributed by atoms with van der Waals surface area (Å²) in [5, 5.41) is 22.0. The van der Waals surface area contributed by atoms with E-state index in [9.17, 15) is 15.0 Å². The Bertz CT molecular complexity index is 456. The van der Waals surface area contributed by atoms with Gasteiger partial charge in [-0.2, -0.15) is 0 Å². The van der Waals surface area contributed by atoms with Gasteiger partial charge in [-0.15, -0.1) is 0 Å². The Hall–Kier alpha value is -1.75. The maximum Gasteiger partial charge on any atom is 0.254 e. The van der Waals surface area contributed by atoms with Crippen molar-refractivity contribution in [3.8, 4) is 11.5 Å². The third-order valence-corrected chi connectivity index (χ3v) is 3.42. The van der Waals surface area contributed by atoms with E-state index in [4.69, 9.17) is 0 Å². The van der Waals surface area contributed by atoms with Gasteiger partial charge in [0.1, 0.15) is 0 Å². The van der Waals surface area contributed by atoms with E-state index >= 15 is 0 Å². The molecular weight excluding hydrogens is 244 g/mol. The van der Waals surface area contributed by atoms with Crippen molar-refractivity contribution in [3.63, 3.8) is 0 Å². The molecule has 1 aromatic carbocycles. The Labute approximate surface area is 112 Å². The molecule has 0 aliphatic carbocycles. The van der Waals surface area contributed by atoms with Crippen molar-refractivity contribution in [3.05, 3.63) is 23.8 Å². The SMILES string of the molecule is CCCN(C(=O)c1ccc(O)c(O)c1)C1CCNC1. The van der Waals surface area contributed by atoms with Crippen molar-refractivity contribution in [2.45, 2.75) is 25.8 Å². The van der Waals surface area contributed by atoms with Gasteiger partial charge in [0.25, 0.3) is 5.91 Å². The average Bonchev–Trinajstić information content (AvgIpc) is 2.92. The molecule has 5 heteroatoms. The van der Waals surface area contributed by atoms with Crippen molar-refractivity contribution in [1.29, 1.82) is 0 Å². The topological polar surface area (TPSA) is 72.8 Å². The molecule has 104 valence electrons. The van der Waals surface area contributed by atoms with Crippen LogP contribution < -0.4 is 5.32 Å². The Kier molecular flexibility index (Phi) is 4.27. The lowest BCUT2D eigenvalue weighted by atomic mass is 10.1. The number of hydrogen-bond acceptors (Lipinski definition) is 4. The highest BCUT2D eigenvalue weighted by molar-refractivity contribution is 5.95. The molecule has 0 bridgehead atoms. The molecule has 1 aliphatic heterocycles. The molecule has 1 aromatic rings. The minimum Gasteiger partial charge on any atom is -0.504 e. The number of phenolic OH excluding ortho intramolecular Hbond substituents is 2. The maximum atomic E-state index is 12.5. The zero-order valence-electron chi connectivity index (χ0n) is 11.1. The number of rotatable bonds is 4. The van der Waals surface area contributed by atoms with Crippen molar-refractivity contribution in [1.82, 2.24) is 10.2 Å². The first-order valence-electron chi connectivity index (χ1n) is 6.67. The molecule has 3 N–H and O–H groups in total. The smallest absolute Gasteiger partial charge is 0.254 e. The second-order valence-electron chi connectivity index (χ2n) is 4.85. The number of benzene rings is 1. The van der Waals surface area contributed by atoms with Crippen LogP contribution in [0, 0.1) is 0 Å². The predicted octanol–water partition coefficient (Wildman–Crippen LogP) is 1.31. The number of nitrogens with one attached hydrogen (secondary N) is 1. The lowest BCUT2D eigenvalue weighted by Crippen LogP contribution is -2.42. The van der Waals surface area contributed by atoms with Gasteiger partial charge in [-0.25, -0.2) is 0 Å². The largest absolute Gasteiger partial charge is 0.504 e. The Morgan fingerprint density at radius 3 is 2.79 bits per heavy atom. The molecule has 1 amide bonds. The molecule has 19 heavy (non-hydrogen) atoms. The summed E-state index contributed by atoms with van der Waals surface area (Å²) in [6, 6.07) is 4.42. The number of amides is 1. The molecule has 0 saturated carbocycles. The Balaban J connectivity index is 2.20. The molecule has 1 unspecified atom stereocenters. The van der Waals surface area contributed by atoms with Crippen LogP contribution in [0.2, 0.25) is 0 Å². The van der Waals surface area contributed by atoms with Crippen LogP contribution in [0.3, 0.4) is 0 Å². The second-order valence-corrected chi connectivity index (χ2v) is 4.85. The van der Waals surface area contributed by atoms with Crippen molar-refractivity contribution in [2.75, 3.05) is 19.6 Å². The van der Waals surface area contributed by atoms with Gasteiger partial charge in [0.2, 0.25) is 0 Å². The van der Waals surface area contributed by atoms with Crippen molar-refractivity contribution in [2.24, 2.45) is 0 Å². The third kappa shape index (κ3) is 2.98. The lowest BCUT2D eigenvalue weighted by Gasteiger charge is -2.28. The van der Waals surface area contributed by atoms with Gasteiger partial charge in [0.05, 0.1) is 0 Å². The molecule has 2 rings (SSSR count). The van der Waals surface area contributed by atoms with E-state index in [2.05, 4.69) is 5.32 Å². The average molecular weight is 264 g/mol. The summed E-state index contributed by atoms with van der Waals surface area (Å²) in [4.78, 5) is 14.3. The maximum absolute atomic E-state index is 12.5. The van der Waals surface area contributed by atoms with E-state index in [0.29, 0.717) is 12.1 Å². The summed E-state index contributed by atoms with van der Waals surface area (Å²) >= 11 is 0. The molecule has 0 spiro atoms. The Morgan fingerprint density at radius 1 is 1.42 bits per heavy atom. The summed E-state index contributed by atoms with van der Waals surface area (Å²) in [5.74, 6) is -0.557. The highest BCUT2D eigenvalue weighted by Crippen LogP contribution is 2.26. The minimum atomic E-state index is -0.258. The van der Waals surface area contributed by atoms with Crippen LogP contribution >= 0.6 is 0 Å². The van der Waals surface area contributed by atoms with E-state index in [1.165, 1.54) is 12.1 Å². The van der Waals surface area contributed by atoms with E-state index in [1.54, 1.807) is 6.07 Å². The van der Waals surface area contributed by atoms with Crippen LogP contribution in [-0.4, -0.2) is 46.7 Å². The van der Waals surface area contributed by atoms with Gasteiger partial charge in [-0.1, -0.05) is 6.92 Å². The van der Waals surface area contributed by atoms with Gasteiger partial charge < -0.3 is 20.4 Å². The van der Waals surface area contributed by atoms with Crippen molar-refractivity contribution >= 4 is 5.91 Å². The van der Waals surface area contributed by atoms with Crippen molar-refractivity contribution < 1.29 is 15.0 Å². The van der Waals surface area contributed by atoms with Crippen LogP contribution in [-0.2, 0) is 0 Å². The molecule has 1 heterocycles. The monoisotopic (exact) mass is 264 g/mol. The van der Waals surface area contributed by atoms with E-state index in [0.717, 1.165) is 25.9 Å². The van der Waals surface area contributed by atoms with Crippen LogP contribution in [0.4, 0.5) is 0 Å². The summed E-state index contributed by atoms with van der Waals surface area (Å²) in [6.45, 7) is 4.48. The minimum absolute atomic E-state index is 0.0918.